The summed E-state index contributed by atoms with van der Waals surface area (Å²) in [5.74, 6) is -1.08. The lowest BCUT2D eigenvalue weighted by Crippen LogP contribution is -2.33. The van der Waals surface area contributed by atoms with Crippen molar-refractivity contribution in [1.29, 1.82) is 0 Å². The largest absolute Gasteiger partial charge is 0.457 e. The minimum Gasteiger partial charge on any atom is -0.457 e. The second kappa shape index (κ2) is 7.86. The molecule has 0 bridgehead atoms. The van der Waals surface area contributed by atoms with Crippen molar-refractivity contribution in [3.63, 3.8) is 0 Å². The highest BCUT2D eigenvalue weighted by Crippen LogP contribution is 2.44. The molecule has 2 aromatic carbocycles. The van der Waals surface area contributed by atoms with Gasteiger partial charge in [-0.2, -0.15) is 0 Å². The third-order valence-electron chi connectivity index (χ3n) is 5.96. The lowest BCUT2D eigenvalue weighted by Gasteiger charge is -2.26. The molecule has 4 rings (SSSR count). The molecule has 0 radical (unpaired) electrons. The average Bonchev–Trinajstić information content (AvgIpc) is 2.85. The fourth-order valence-electron chi connectivity index (χ4n) is 4.48. The molecule has 1 saturated heterocycles. The van der Waals surface area contributed by atoms with Crippen LogP contribution in [0.15, 0.2) is 60.2 Å². The van der Waals surface area contributed by atoms with Crippen LogP contribution in [-0.4, -0.2) is 12.1 Å². The summed E-state index contributed by atoms with van der Waals surface area (Å²) in [6.07, 6.45) is 9.16. The molecule has 28 heavy (non-hydrogen) atoms. The number of halogens is 2. The Kier molecular flexibility index (Phi) is 5.29. The van der Waals surface area contributed by atoms with E-state index in [4.69, 9.17) is 4.74 Å². The van der Waals surface area contributed by atoms with Gasteiger partial charge in [0, 0.05) is 6.42 Å². The summed E-state index contributed by atoms with van der Waals surface area (Å²) in [5, 5.41) is 0. The van der Waals surface area contributed by atoms with Crippen molar-refractivity contribution in [3.8, 4) is 0 Å². The highest BCUT2D eigenvalue weighted by Gasteiger charge is 2.51. The van der Waals surface area contributed by atoms with Crippen LogP contribution in [0.1, 0.15) is 56.1 Å². The Labute approximate surface area is 164 Å². The van der Waals surface area contributed by atoms with E-state index in [-0.39, 0.29) is 23.7 Å². The van der Waals surface area contributed by atoms with Crippen LogP contribution in [0.2, 0.25) is 0 Å². The Morgan fingerprint density at radius 3 is 1.82 bits per heavy atom. The van der Waals surface area contributed by atoms with Gasteiger partial charge in [-0.15, -0.1) is 0 Å². The third-order valence-corrected chi connectivity index (χ3v) is 5.96. The Bertz CT molecular complexity index is 813. The van der Waals surface area contributed by atoms with E-state index in [1.165, 1.54) is 55.5 Å². The number of carbonyl (C=O) groups is 1. The molecule has 146 valence electrons. The van der Waals surface area contributed by atoms with Crippen molar-refractivity contribution in [2.45, 2.75) is 56.5 Å². The van der Waals surface area contributed by atoms with Crippen LogP contribution in [0.3, 0.4) is 0 Å². The molecule has 0 N–H and O–H groups in total. The first-order chi connectivity index (χ1) is 13.6. The summed E-state index contributed by atoms with van der Waals surface area (Å²) in [6.45, 7) is 0. The zero-order valence-electron chi connectivity index (χ0n) is 15.8. The molecule has 0 unspecified atom stereocenters. The van der Waals surface area contributed by atoms with Crippen LogP contribution < -0.4 is 0 Å². The SMILES string of the molecule is O=C1O[C@H](C=C2CCCCCC2)CC1(c1ccc(F)cc1)c1ccc(F)cc1. The van der Waals surface area contributed by atoms with Gasteiger partial charge in [-0.3, -0.25) is 4.79 Å². The molecule has 1 saturated carbocycles. The van der Waals surface area contributed by atoms with E-state index < -0.39 is 5.41 Å². The molecule has 0 spiro atoms. The van der Waals surface area contributed by atoms with Crippen LogP contribution in [-0.2, 0) is 14.9 Å². The van der Waals surface area contributed by atoms with Gasteiger partial charge in [-0.1, -0.05) is 42.7 Å². The number of allylic oxidation sites excluding steroid dienone is 1. The lowest BCUT2D eigenvalue weighted by atomic mass is 9.72. The Balaban J connectivity index is 1.73. The maximum atomic E-state index is 13.5. The minimum absolute atomic E-state index is 0.323. The van der Waals surface area contributed by atoms with Crippen molar-refractivity contribution in [2.75, 3.05) is 0 Å². The van der Waals surface area contributed by atoms with Crippen LogP contribution in [0, 0.1) is 11.6 Å². The van der Waals surface area contributed by atoms with Gasteiger partial charge in [0.25, 0.3) is 0 Å². The van der Waals surface area contributed by atoms with Crippen LogP contribution >= 0.6 is 0 Å². The van der Waals surface area contributed by atoms with E-state index in [1.807, 2.05) is 0 Å². The number of cyclic esters (lactones) is 1. The third kappa shape index (κ3) is 3.60. The molecule has 2 aromatic rings. The van der Waals surface area contributed by atoms with Gasteiger partial charge in [0.15, 0.2) is 0 Å². The maximum absolute atomic E-state index is 13.5. The van der Waals surface area contributed by atoms with Crippen LogP contribution in [0.25, 0.3) is 0 Å². The van der Waals surface area contributed by atoms with Gasteiger partial charge in [0.1, 0.15) is 23.2 Å². The molecule has 4 heteroatoms. The first-order valence-electron chi connectivity index (χ1n) is 10.0. The van der Waals surface area contributed by atoms with Crippen LogP contribution in [0.5, 0.6) is 0 Å². The smallest absolute Gasteiger partial charge is 0.321 e. The lowest BCUT2D eigenvalue weighted by molar-refractivity contribution is -0.143. The number of esters is 1. The molecular formula is C24H24F2O2. The Morgan fingerprint density at radius 2 is 1.32 bits per heavy atom. The summed E-state index contributed by atoms with van der Waals surface area (Å²) >= 11 is 0. The van der Waals surface area contributed by atoms with Gasteiger partial charge in [-0.25, -0.2) is 8.78 Å². The maximum Gasteiger partial charge on any atom is 0.321 e. The van der Waals surface area contributed by atoms with E-state index in [2.05, 4.69) is 6.08 Å². The number of rotatable bonds is 3. The van der Waals surface area contributed by atoms with Gasteiger partial charge in [0.05, 0.1) is 0 Å². The molecule has 1 aliphatic carbocycles. The minimum atomic E-state index is -1.05. The summed E-state index contributed by atoms with van der Waals surface area (Å²) in [6, 6.07) is 11.9. The van der Waals surface area contributed by atoms with E-state index in [0.29, 0.717) is 17.5 Å². The van der Waals surface area contributed by atoms with Crippen LogP contribution in [0.4, 0.5) is 8.78 Å². The van der Waals surface area contributed by atoms with Crippen molar-refractivity contribution < 1.29 is 18.3 Å². The summed E-state index contributed by atoms with van der Waals surface area (Å²) in [7, 11) is 0. The highest BCUT2D eigenvalue weighted by atomic mass is 19.1. The average molecular weight is 382 g/mol. The number of carbonyl (C=O) groups excluding carboxylic acids is 1. The highest BCUT2D eigenvalue weighted by molar-refractivity contribution is 5.90. The Hall–Kier alpha value is -2.49. The summed E-state index contributed by atoms with van der Waals surface area (Å²) < 4.78 is 32.8. The zero-order chi connectivity index (χ0) is 19.6. The molecule has 1 aliphatic heterocycles. The fourth-order valence-corrected chi connectivity index (χ4v) is 4.48. The predicted molar refractivity (Wildman–Crippen MR) is 104 cm³/mol. The van der Waals surface area contributed by atoms with Crippen molar-refractivity contribution in [2.24, 2.45) is 0 Å². The second-order valence-corrected chi connectivity index (χ2v) is 7.81. The van der Waals surface area contributed by atoms with E-state index >= 15 is 0 Å². The molecule has 0 aromatic heterocycles. The molecule has 2 aliphatic rings. The predicted octanol–water partition coefficient (Wildman–Crippen LogP) is 5.85. The number of hydrogen-bond acceptors (Lipinski definition) is 2. The van der Waals surface area contributed by atoms with Gasteiger partial charge >= 0.3 is 5.97 Å². The normalized spacial score (nSPS) is 21.9. The van der Waals surface area contributed by atoms with Gasteiger partial charge in [-0.05, 0) is 67.2 Å². The molecule has 2 nitrogen and oxygen atoms in total. The standard InChI is InChI=1S/C24H24F2O2/c25-20-11-7-18(8-12-20)24(19-9-13-21(26)14-10-19)16-22(28-23(24)27)15-17-5-3-1-2-4-6-17/h7-15,22H,1-6,16H2/t22-/m1/s1. The molecule has 1 atom stereocenters. The van der Waals surface area contributed by atoms with Crippen molar-refractivity contribution in [3.05, 3.63) is 82.9 Å². The van der Waals surface area contributed by atoms with Crippen molar-refractivity contribution in [1.82, 2.24) is 0 Å². The Morgan fingerprint density at radius 1 is 0.821 bits per heavy atom. The van der Waals surface area contributed by atoms with E-state index in [0.717, 1.165) is 12.8 Å². The van der Waals surface area contributed by atoms with E-state index in [9.17, 15) is 13.6 Å². The van der Waals surface area contributed by atoms with Gasteiger partial charge in [0.2, 0.25) is 0 Å². The quantitative estimate of drug-likeness (QED) is 0.378. The summed E-state index contributed by atoms with van der Waals surface area (Å²) in [4.78, 5) is 13.1. The molecule has 1 heterocycles. The first-order valence-corrected chi connectivity index (χ1v) is 10.0. The monoisotopic (exact) mass is 382 g/mol. The molecule has 0 amide bonds. The molecular weight excluding hydrogens is 358 g/mol. The second-order valence-electron chi connectivity index (χ2n) is 7.81. The first kappa shape index (κ1) is 18.9. The number of ether oxygens (including phenoxy) is 1. The number of benzene rings is 2. The van der Waals surface area contributed by atoms with E-state index in [1.54, 1.807) is 24.3 Å². The van der Waals surface area contributed by atoms with Crippen molar-refractivity contribution >= 4 is 5.97 Å². The topological polar surface area (TPSA) is 26.3 Å². The molecule has 2 fully saturated rings. The summed E-state index contributed by atoms with van der Waals surface area (Å²) in [5.41, 5.74) is 1.65. The van der Waals surface area contributed by atoms with Gasteiger partial charge < -0.3 is 4.74 Å². The number of hydrogen-bond donors (Lipinski definition) is 0. The fraction of sp³-hybridized carbons (Fsp3) is 0.375. The zero-order valence-corrected chi connectivity index (χ0v) is 15.8.